The molecule has 0 fully saturated rings. The van der Waals surface area contributed by atoms with Gasteiger partial charge >= 0.3 is 0 Å². The van der Waals surface area contributed by atoms with Crippen LogP contribution < -0.4 is 5.32 Å². The zero-order chi connectivity index (χ0) is 13.8. The molecule has 1 aliphatic heterocycles. The highest BCUT2D eigenvalue weighted by Gasteiger charge is 2.15. The molecule has 1 aliphatic rings. The monoisotopic (exact) mass is 268 g/mol. The van der Waals surface area contributed by atoms with E-state index in [1.165, 1.54) is 11.6 Å². The molecule has 2 aromatic rings. The number of benzene rings is 2. The number of aliphatic imine (C=N–C) groups is 1. The van der Waals surface area contributed by atoms with E-state index in [9.17, 15) is 4.39 Å². The second kappa shape index (κ2) is 5.87. The van der Waals surface area contributed by atoms with Crippen molar-refractivity contribution in [3.63, 3.8) is 0 Å². The van der Waals surface area contributed by atoms with Gasteiger partial charge in [-0.25, -0.2) is 4.39 Å². The highest BCUT2D eigenvalue weighted by atomic mass is 19.1. The molecule has 3 heteroatoms. The predicted octanol–water partition coefficient (Wildman–Crippen LogP) is 2.96. The molecule has 0 spiro atoms. The smallest absolute Gasteiger partial charge is 0.128 e. The van der Waals surface area contributed by atoms with Crippen LogP contribution in [0.3, 0.4) is 0 Å². The number of hydrogen-bond donors (Lipinski definition) is 1. The molecule has 2 nitrogen and oxygen atoms in total. The Morgan fingerprint density at radius 3 is 2.60 bits per heavy atom. The molecule has 20 heavy (non-hydrogen) atoms. The molecule has 1 N–H and O–H groups in total. The van der Waals surface area contributed by atoms with Gasteiger partial charge in [-0.2, -0.15) is 0 Å². The van der Waals surface area contributed by atoms with E-state index in [4.69, 9.17) is 0 Å². The molecule has 0 amide bonds. The summed E-state index contributed by atoms with van der Waals surface area (Å²) < 4.78 is 14.1. The topological polar surface area (TPSA) is 24.4 Å². The molecular formula is C17H17FN2. The van der Waals surface area contributed by atoms with Gasteiger partial charge in [0.2, 0.25) is 0 Å². The lowest BCUT2D eigenvalue weighted by atomic mass is 9.98. The number of amidine groups is 1. The average molecular weight is 268 g/mol. The van der Waals surface area contributed by atoms with Crippen molar-refractivity contribution in [3.05, 3.63) is 71.0 Å². The summed E-state index contributed by atoms with van der Waals surface area (Å²) >= 11 is 0. The van der Waals surface area contributed by atoms with E-state index in [0.717, 1.165) is 36.5 Å². The van der Waals surface area contributed by atoms with Crippen LogP contribution in [0.5, 0.6) is 0 Å². The number of aryl methyl sites for hydroxylation is 1. The van der Waals surface area contributed by atoms with Crippen LogP contribution in [0.2, 0.25) is 0 Å². The van der Waals surface area contributed by atoms with Crippen LogP contribution in [0.1, 0.15) is 16.7 Å². The standard InChI is InChI=1S/C17H17FN2/c18-16-8-4-7-15(17-19-11-12-20-17)14(16)10-9-13-5-2-1-3-6-13/h1-8H,9-12H2,(H,19,20). The van der Waals surface area contributed by atoms with Crippen LogP contribution in [0.25, 0.3) is 0 Å². The second-order valence-corrected chi connectivity index (χ2v) is 4.91. The zero-order valence-corrected chi connectivity index (χ0v) is 11.3. The van der Waals surface area contributed by atoms with Gasteiger partial charge in [0, 0.05) is 12.1 Å². The first-order valence-corrected chi connectivity index (χ1v) is 6.94. The molecule has 0 saturated carbocycles. The van der Waals surface area contributed by atoms with Gasteiger partial charge in [-0.15, -0.1) is 0 Å². The number of nitrogens with one attached hydrogen (secondary N) is 1. The molecule has 0 saturated heterocycles. The van der Waals surface area contributed by atoms with E-state index in [2.05, 4.69) is 22.4 Å². The summed E-state index contributed by atoms with van der Waals surface area (Å²) in [6.45, 7) is 1.61. The van der Waals surface area contributed by atoms with Crippen molar-refractivity contribution in [2.75, 3.05) is 13.1 Å². The third kappa shape index (κ3) is 2.72. The average Bonchev–Trinajstić information content (AvgIpc) is 3.01. The summed E-state index contributed by atoms with van der Waals surface area (Å²) in [6, 6.07) is 15.4. The Morgan fingerprint density at radius 2 is 1.85 bits per heavy atom. The molecular weight excluding hydrogens is 251 g/mol. The van der Waals surface area contributed by atoms with E-state index in [1.807, 2.05) is 24.3 Å². The SMILES string of the molecule is Fc1cccc(C2=NCCN2)c1CCc1ccccc1. The maximum absolute atomic E-state index is 14.1. The first kappa shape index (κ1) is 12.9. The first-order chi connectivity index (χ1) is 9.84. The van der Waals surface area contributed by atoms with Crippen molar-refractivity contribution in [2.45, 2.75) is 12.8 Å². The molecule has 102 valence electrons. The summed E-state index contributed by atoms with van der Waals surface area (Å²) in [7, 11) is 0. The molecule has 0 bridgehead atoms. The summed E-state index contributed by atoms with van der Waals surface area (Å²) in [6.07, 6.45) is 1.52. The number of halogens is 1. The lowest BCUT2D eigenvalue weighted by Gasteiger charge is -2.11. The fourth-order valence-electron chi connectivity index (χ4n) is 2.53. The minimum absolute atomic E-state index is 0.144. The maximum Gasteiger partial charge on any atom is 0.128 e. The normalized spacial score (nSPS) is 13.9. The quantitative estimate of drug-likeness (QED) is 0.906. The Balaban J connectivity index is 1.85. The largest absolute Gasteiger partial charge is 0.368 e. The van der Waals surface area contributed by atoms with Crippen LogP contribution in [0.4, 0.5) is 4.39 Å². The van der Waals surface area contributed by atoms with Crippen molar-refractivity contribution >= 4 is 5.84 Å². The molecule has 0 aromatic heterocycles. The molecule has 0 atom stereocenters. The van der Waals surface area contributed by atoms with E-state index in [1.54, 1.807) is 6.07 Å². The van der Waals surface area contributed by atoms with Crippen molar-refractivity contribution in [1.82, 2.24) is 5.32 Å². The number of rotatable bonds is 4. The van der Waals surface area contributed by atoms with Crippen LogP contribution in [-0.2, 0) is 12.8 Å². The van der Waals surface area contributed by atoms with Gasteiger partial charge in [-0.1, -0.05) is 42.5 Å². The molecule has 3 rings (SSSR count). The van der Waals surface area contributed by atoms with Crippen LogP contribution in [0.15, 0.2) is 53.5 Å². The lowest BCUT2D eigenvalue weighted by Crippen LogP contribution is -2.21. The molecule has 0 radical (unpaired) electrons. The van der Waals surface area contributed by atoms with Gasteiger partial charge in [0.15, 0.2) is 0 Å². The van der Waals surface area contributed by atoms with E-state index in [-0.39, 0.29) is 5.82 Å². The van der Waals surface area contributed by atoms with Crippen LogP contribution in [0, 0.1) is 5.82 Å². The summed E-state index contributed by atoms with van der Waals surface area (Å²) in [4.78, 5) is 4.40. The zero-order valence-electron chi connectivity index (χ0n) is 11.3. The minimum atomic E-state index is -0.144. The number of hydrogen-bond acceptors (Lipinski definition) is 2. The van der Waals surface area contributed by atoms with E-state index >= 15 is 0 Å². The molecule has 1 heterocycles. The predicted molar refractivity (Wildman–Crippen MR) is 79.7 cm³/mol. The van der Waals surface area contributed by atoms with Crippen LogP contribution >= 0.6 is 0 Å². The highest BCUT2D eigenvalue weighted by molar-refractivity contribution is 6.01. The Kier molecular flexibility index (Phi) is 3.77. The van der Waals surface area contributed by atoms with Crippen LogP contribution in [-0.4, -0.2) is 18.9 Å². The van der Waals surface area contributed by atoms with Gasteiger partial charge in [0.25, 0.3) is 0 Å². The second-order valence-electron chi connectivity index (χ2n) is 4.91. The Morgan fingerprint density at radius 1 is 1.00 bits per heavy atom. The minimum Gasteiger partial charge on any atom is -0.368 e. The molecule has 0 aliphatic carbocycles. The summed E-state index contributed by atoms with van der Waals surface area (Å²) in [5.74, 6) is 0.683. The lowest BCUT2D eigenvalue weighted by molar-refractivity contribution is 0.608. The third-order valence-electron chi connectivity index (χ3n) is 3.55. The number of nitrogens with zero attached hydrogens (tertiary/aromatic N) is 1. The van der Waals surface area contributed by atoms with E-state index < -0.39 is 0 Å². The highest BCUT2D eigenvalue weighted by Crippen LogP contribution is 2.18. The Hall–Kier alpha value is -2.16. The van der Waals surface area contributed by atoms with E-state index in [0.29, 0.717) is 6.42 Å². The fourth-order valence-corrected chi connectivity index (χ4v) is 2.53. The van der Waals surface area contributed by atoms with Gasteiger partial charge < -0.3 is 5.32 Å². The fraction of sp³-hybridized carbons (Fsp3) is 0.235. The van der Waals surface area contributed by atoms with Crippen molar-refractivity contribution in [1.29, 1.82) is 0 Å². The van der Waals surface area contributed by atoms with Gasteiger partial charge in [-0.3, -0.25) is 4.99 Å². The first-order valence-electron chi connectivity index (χ1n) is 6.94. The van der Waals surface area contributed by atoms with Gasteiger partial charge in [0.1, 0.15) is 11.7 Å². The summed E-state index contributed by atoms with van der Waals surface area (Å²) in [5.41, 5.74) is 2.88. The van der Waals surface area contributed by atoms with Gasteiger partial charge in [-0.05, 0) is 30.0 Å². The van der Waals surface area contributed by atoms with Crippen molar-refractivity contribution < 1.29 is 4.39 Å². The maximum atomic E-state index is 14.1. The summed E-state index contributed by atoms with van der Waals surface area (Å²) in [5, 5.41) is 3.22. The van der Waals surface area contributed by atoms with Gasteiger partial charge in [0.05, 0.1) is 6.54 Å². The molecule has 0 unspecified atom stereocenters. The molecule has 2 aromatic carbocycles. The third-order valence-corrected chi connectivity index (χ3v) is 3.55. The Labute approximate surface area is 118 Å². The van der Waals surface area contributed by atoms with Crippen molar-refractivity contribution in [3.8, 4) is 0 Å². The Bertz CT molecular complexity index is 620. The van der Waals surface area contributed by atoms with Crippen molar-refractivity contribution in [2.24, 2.45) is 4.99 Å².